The lowest BCUT2D eigenvalue weighted by atomic mass is 10.3. The van der Waals surface area contributed by atoms with Crippen molar-refractivity contribution in [2.75, 3.05) is 6.61 Å². The van der Waals surface area contributed by atoms with E-state index >= 15 is 0 Å². The first kappa shape index (κ1) is 13.5. The SMILES string of the molecule is CCCCOC(C)C(=O)Oc1ccc(O)cc1. The van der Waals surface area contributed by atoms with Crippen molar-refractivity contribution in [1.82, 2.24) is 0 Å². The lowest BCUT2D eigenvalue weighted by Gasteiger charge is -2.12. The van der Waals surface area contributed by atoms with Crippen LogP contribution in [0.15, 0.2) is 24.3 Å². The number of benzene rings is 1. The Hall–Kier alpha value is -1.55. The van der Waals surface area contributed by atoms with Gasteiger partial charge in [0.15, 0.2) is 6.10 Å². The van der Waals surface area contributed by atoms with Gasteiger partial charge in [-0.15, -0.1) is 0 Å². The van der Waals surface area contributed by atoms with Gasteiger partial charge in [0.25, 0.3) is 0 Å². The molecule has 4 heteroatoms. The third-order valence-corrected chi connectivity index (χ3v) is 2.25. The number of unbranched alkanes of at least 4 members (excludes halogenated alkanes) is 1. The van der Waals surface area contributed by atoms with E-state index in [-0.39, 0.29) is 5.75 Å². The zero-order valence-electron chi connectivity index (χ0n) is 10.2. The van der Waals surface area contributed by atoms with E-state index in [0.29, 0.717) is 12.4 Å². The summed E-state index contributed by atoms with van der Waals surface area (Å²) in [6.07, 6.45) is 1.38. The second-order valence-corrected chi connectivity index (χ2v) is 3.78. The van der Waals surface area contributed by atoms with Gasteiger partial charge in [-0.2, -0.15) is 0 Å². The van der Waals surface area contributed by atoms with E-state index in [0.717, 1.165) is 12.8 Å². The average Bonchev–Trinajstić information content (AvgIpc) is 2.32. The highest BCUT2D eigenvalue weighted by atomic mass is 16.6. The average molecular weight is 238 g/mol. The Morgan fingerprint density at radius 1 is 1.35 bits per heavy atom. The molecule has 1 atom stereocenters. The number of hydrogen-bond acceptors (Lipinski definition) is 4. The molecule has 1 rings (SSSR count). The molecule has 0 aliphatic rings. The third-order valence-electron chi connectivity index (χ3n) is 2.25. The Kier molecular flexibility index (Phi) is 5.49. The molecule has 0 bridgehead atoms. The molecule has 0 saturated heterocycles. The summed E-state index contributed by atoms with van der Waals surface area (Å²) >= 11 is 0. The van der Waals surface area contributed by atoms with Gasteiger partial charge in [-0.3, -0.25) is 0 Å². The predicted octanol–water partition coefficient (Wildman–Crippen LogP) is 2.50. The van der Waals surface area contributed by atoms with Gasteiger partial charge in [0, 0.05) is 6.61 Å². The number of phenolic OH excluding ortho intramolecular Hbond substituents is 1. The Balaban J connectivity index is 2.40. The molecule has 0 spiro atoms. The highest BCUT2D eigenvalue weighted by Crippen LogP contribution is 2.16. The van der Waals surface area contributed by atoms with Gasteiger partial charge in [-0.1, -0.05) is 13.3 Å². The summed E-state index contributed by atoms with van der Waals surface area (Å²) in [5.74, 6) is 0.113. The van der Waals surface area contributed by atoms with Gasteiger partial charge < -0.3 is 14.6 Å². The van der Waals surface area contributed by atoms with Crippen LogP contribution in [0.3, 0.4) is 0 Å². The number of ether oxygens (including phenoxy) is 2. The summed E-state index contributed by atoms with van der Waals surface area (Å²) in [5.41, 5.74) is 0. The number of esters is 1. The largest absolute Gasteiger partial charge is 0.508 e. The Bertz CT molecular complexity index is 345. The maximum Gasteiger partial charge on any atom is 0.340 e. The van der Waals surface area contributed by atoms with Gasteiger partial charge in [0.05, 0.1) is 0 Å². The van der Waals surface area contributed by atoms with Crippen LogP contribution in [0.4, 0.5) is 0 Å². The smallest absolute Gasteiger partial charge is 0.340 e. The molecule has 4 nitrogen and oxygen atoms in total. The van der Waals surface area contributed by atoms with Gasteiger partial charge in [0.1, 0.15) is 11.5 Å². The molecule has 0 amide bonds. The maximum atomic E-state index is 11.6. The van der Waals surface area contributed by atoms with Crippen LogP contribution in [0.5, 0.6) is 11.5 Å². The molecule has 94 valence electrons. The third kappa shape index (κ3) is 4.87. The fourth-order valence-corrected chi connectivity index (χ4v) is 1.19. The number of hydrogen-bond donors (Lipinski definition) is 1. The van der Waals surface area contributed by atoms with Crippen LogP contribution in [0.2, 0.25) is 0 Å². The molecule has 1 aromatic carbocycles. The molecule has 0 aliphatic heterocycles. The minimum Gasteiger partial charge on any atom is -0.508 e. The maximum absolute atomic E-state index is 11.6. The fraction of sp³-hybridized carbons (Fsp3) is 0.462. The van der Waals surface area contributed by atoms with Crippen LogP contribution in [0, 0.1) is 0 Å². The molecule has 1 N–H and O–H groups in total. The molecule has 0 heterocycles. The summed E-state index contributed by atoms with van der Waals surface area (Å²) in [4.78, 5) is 11.6. The summed E-state index contributed by atoms with van der Waals surface area (Å²) in [7, 11) is 0. The van der Waals surface area contributed by atoms with Crippen molar-refractivity contribution < 1.29 is 19.4 Å². The van der Waals surface area contributed by atoms with E-state index in [1.165, 1.54) is 24.3 Å². The molecule has 0 saturated carbocycles. The van der Waals surface area contributed by atoms with Crippen LogP contribution in [-0.4, -0.2) is 23.8 Å². The highest BCUT2D eigenvalue weighted by molar-refractivity contribution is 5.76. The topological polar surface area (TPSA) is 55.8 Å². The molecule has 17 heavy (non-hydrogen) atoms. The lowest BCUT2D eigenvalue weighted by Crippen LogP contribution is -2.26. The monoisotopic (exact) mass is 238 g/mol. The molecule has 0 radical (unpaired) electrons. The quantitative estimate of drug-likeness (QED) is 0.470. The molecular weight excluding hydrogens is 220 g/mol. The van der Waals surface area contributed by atoms with Crippen LogP contribution in [0.25, 0.3) is 0 Å². The molecular formula is C13H18O4. The van der Waals surface area contributed by atoms with Gasteiger partial charge >= 0.3 is 5.97 Å². The molecule has 1 aromatic rings. The van der Waals surface area contributed by atoms with Crippen molar-refractivity contribution in [2.45, 2.75) is 32.8 Å². The Labute approximate surface area is 101 Å². The summed E-state index contributed by atoms with van der Waals surface area (Å²) < 4.78 is 10.4. The second-order valence-electron chi connectivity index (χ2n) is 3.78. The lowest BCUT2D eigenvalue weighted by molar-refractivity contribution is -0.146. The van der Waals surface area contributed by atoms with Crippen molar-refractivity contribution in [2.24, 2.45) is 0 Å². The number of aromatic hydroxyl groups is 1. The van der Waals surface area contributed by atoms with Crippen LogP contribution in [0.1, 0.15) is 26.7 Å². The van der Waals surface area contributed by atoms with Crippen LogP contribution in [-0.2, 0) is 9.53 Å². The summed E-state index contributed by atoms with van der Waals surface area (Å²) in [6, 6.07) is 5.99. The normalized spacial score (nSPS) is 12.1. The minimum absolute atomic E-state index is 0.136. The van der Waals surface area contributed by atoms with Crippen molar-refractivity contribution in [3.05, 3.63) is 24.3 Å². The number of carbonyl (C=O) groups is 1. The van der Waals surface area contributed by atoms with E-state index in [1.807, 2.05) is 0 Å². The molecule has 0 aromatic heterocycles. The molecule has 0 aliphatic carbocycles. The number of rotatable bonds is 6. The highest BCUT2D eigenvalue weighted by Gasteiger charge is 2.15. The van der Waals surface area contributed by atoms with E-state index in [4.69, 9.17) is 14.6 Å². The summed E-state index contributed by atoms with van der Waals surface area (Å²) in [6.45, 7) is 4.28. The Morgan fingerprint density at radius 2 is 2.00 bits per heavy atom. The standard InChI is InChI=1S/C13H18O4/c1-3-4-9-16-10(2)13(15)17-12-7-5-11(14)6-8-12/h5-8,10,14H,3-4,9H2,1-2H3. The van der Waals surface area contributed by atoms with E-state index in [1.54, 1.807) is 6.92 Å². The first-order valence-corrected chi connectivity index (χ1v) is 5.75. The minimum atomic E-state index is -0.574. The van der Waals surface area contributed by atoms with Crippen molar-refractivity contribution in [3.63, 3.8) is 0 Å². The van der Waals surface area contributed by atoms with E-state index in [2.05, 4.69) is 6.92 Å². The predicted molar refractivity (Wildman–Crippen MR) is 64.1 cm³/mol. The van der Waals surface area contributed by atoms with Crippen LogP contribution < -0.4 is 4.74 Å². The van der Waals surface area contributed by atoms with Gasteiger partial charge in [0.2, 0.25) is 0 Å². The van der Waals surface area contributed by atoms with Crippen LogP contribution >= 0.6 is 0 Å². The molecule has 0 fully saturated rings. The van der Waals surface area contributed by atoms with Gasteiger partial charge in [-0.25, -0.2) is 4.79 Å². The second kappa shape index (κ2) is 6.91. The fourth-order valence-electron chi connectivity index (χ4n) is 1.19. The zero-order valence-corrected chi connectivity index (χ0v) is 10.2. The van der Waals surface area contributed by atoms with Gasteiger partial charge in [-0.05, 0) is 37.6 Å². The molecule has 1 unspecified atom stereocenters. The number of carbonyl (C=O) groups excluding carboxylic acids is 1. The first-order valence-electron chi connectivity index (χ1n) is 5.75. The summed E-state index contributed by atoms with van der Waals surface area (Å²) in [5, 5.41) is 9.08. The van der Waals surface area contributed by atoms with E-state index < -0.39 is 12.1 Å². The Morgan fingerprint density at radius 3 is 2.59 bits per heavy atom. The zero-order chi connectivity index (χ0) is 12.7. The number of phenols is 1. The van der Waals surface area contributed by atoms with Crippen molar-refractivity contribution >= 4 is 5.97 Å². The van der Waals surface area contributed by atoms with Crippen molar-refractivity contribution in [3.8, 4) is 11.5 Å². The van der Waals surface area contributed by atoms with Crippen molar-refractivity contribution in [1.29, 1.82) is 0 Å². The first-order chi connectivity index (χ1) is 8.13. The van der Waals surface area contributed by atoms with E-state index in [9.17, 15) is 4.79 Å².